The second-order valence-electron chi connectivity index (χ2n) is 9.68. The van der Waals surface area contributed by atoms with Gasteiger partial charge >= 0.3 is 0 Å². The number of carbonyl (C=O) groups is 1. The first-order valence-corrected chi connectivity index (χ1v) is 12.1. The third-order valence-corrected chi connectivity index (χ3v) is 7.23. The summed E-state index contributed by atoms with van der Waals surface area (Å²) in [6.45, 7) is 5.89. The molecule has 1 saturated heterocycles. The molecule has 0 bridgehead atoms. The first-order chi connectivity index (χ1) is 15.8. The van der Waals surface area contributed by atoms with Crippen molar-refractivity contribution in [2.75, 3.05) is 13.1 Å². The van der Waals surface area contributed by atoms with Crippen LogP contribution in [0, 0.1) is 12.8 Å². The lowest BCUT2D eigenvalue weighted by molar-refractivity contribution is -0.130. The number of nitrogens with one attached hydrogen (secondary N) is 1. The van der Waals surface area contributed by atoms with Crippen molar-refractivity contribution in [3.05, 3.63) is 47.6 Å². The van der Waals surface area contributed by atoms with Gasteiger partial charge in [-0.25, -0.2) is 8.78 Å². The number of carbonyl (C=O) groups excluding carboxylic acids is 1. The molecule has 0 spiro atoms. The summed E-state index contributed by atoms with van der Waals surface area (Å²) in [4.78, 5) is 19.8. The number of piperidine rings is 1. The molecule has 180 valence electrons. The zero-order valence-corrected chi connectivity index (χ0v) is 19.5. The zero-order valence-electron chi connectivity index (χ0n) is 19.5. The molecule has 2 fully saturated rings. The fraction of sp³-hybridized carbons (Fsp3) is 0.640. The SMILES string of the molecule is Cc1noc(C2CCN(C(C)C[C@H](NC(=O)C3CCC(F)(F)CC3)c3ccccc3)CC2)n1. The smallest absolute Gasteiger partial charge is 0.248 e. The van der Waals surface area contributed by atoms with Gasteiger partial charge in [0.1, 0.15) is 0 Å². The topological polar surface area (TPSA) is 71.3 Å². The highest BCUT2D eigenvalue weighted by molar-refractivity contribution is 5.79. The van der Waals surface area contributed by atoms with Gasteiger partial charge in [0.25, 0.3) is 0 Å². The first kappa shape index (κ1) is 23.8. The second kappa shape index (κ2) is 10.3. The van der Waals surface area contributed by atoms with E-state index in [9.17, 15) is 13.6 Å². The van der Waals surface area contributed by atoms with Crippen LogP contribution in [0.4, 0.5) is 8.78 Å². The van der Waals surface area contributed by atoms with E-state index in [0.717, 1.165) is 43.8 Å². The molecule has 1 amide bonds. The third kappa shape index (κ3) is 6.16. The number of halogens is 2. The molecule has 4 rings (SSSR count). The predicted octanol–water partition coefficient (Wildman–Crippen LogP) is 5.02. The van der Waals surface area contributed by atoms with E-state index in [0.29, 0.717) is 11.7 Å². The lowest BCUT2D eigenvalue weighted by atomic mass is 9.85. The Kier molecular flexibility index (Phi) is 7.41. The molecule has 2 heterocycles. The van der Waals surface area contributed by atoms with Gasteiger partial charge in [0, 0.05) is 30.7 Å². The number of benzene rings is 1. The van der Waals surface area contributed by atoms with Gasteiger partial charge in [-0.1, -0.05) is 35.5 Å². The van der Waals surface area contributed by atoms with Gasteiger partial charge in [0.2, 0.25) is 17.7 Å². The van der Waals surface area contributed by atoms with Crippen LogP contribution in [-0.2, 0) is 4.79 Å². The minimum atomic E-state index is -2.63. The van der Waals surface area contributed by atoms with Crippen LogP contribution in [0.3, 0.4) is 0 Å². The largest absolute Gasteiger partial charge is 0.349 e. The highest BCUT2D eigenvalue weighted by Crippen LogP contribution is 2.37. The molecular formula is C25H34F2N4O2. The van der Waals surface area contributed by atoms with Crippen LogP contribution in [0.5, 0.6) is 0 Å². The van der Waals surface area contributed by atoms with Crippen molar-refractivity contribution in [2.45, 2.75) is 82.7 Å². The summed E-state index contributed by atoms with van der Waals surface area (Å²) in [5.41, 5.74) is 1.05. The van der Waals surface area contributed by atoms with Crippen molar-refractivity contribution >= 4 is 5.91 Å². The molecule has 1 aromatic carbocycles. The molecule has 1 aliphatic heterocycles. The van der Waals surface area contributed by atoms with E-state index in [1.807, 2.05) is 37.3 Å². The van der Waals surface area contributed by atoms with E-state index in [-0.39, 0.29) is 49.6 Å². The Balaban J connectivity index is 1.36. The minimum absolute atomic E-state index is 0.1000. The Morgan fingerprint density at radius 3 is 2.45 bits per heavy atom. The number of rotatable bonds is 7. The monoisotopic (exact) mass is 460 g/mol. The molecule has 2 aliphatic rings. The molecule has 1 aliphatic carbocycles. The van der Waals surface area contributed by atoms with Gasteiger partial charge in [0.15, 0.2) is 5.82 Å². The molecule has 1 unspecified atom stereocenters. The maximum atomic E-state index is 13.5. The summed E-state index contributed by atoms with van der Waals surface area (Å²) in [7, 11) is 0. The van der Waals surface area contributed by atoms with Crippen LogP contribution >= 0.6 is 0 Å². The second-order valence-corrected chi connectivity index (χ2v) is 9.68. The van der Waals surface area contributed by atoms with Crippen molar-refractivity contribution in [2.24, 2.45) is 5.92 Å². The average molecular weight is 461 g/mol. The van der Waals surface area contributed by atoms with E-state index in [2.05, 4.69) is 27.3 Å². The standard InChI is InChI=1S/C25H34F2N4O2/c1-17(31-14-10-21(11-15-31)24-28-18(2)30-33-24)16-22(19-6-4-3-5-7-19)29-23(32)20-8-12-25(26,27)13-9-20/h3-7,17,20-22H,8-16H2,1-2H3,(H,29,32)/t17?,22-/m0/s1. The van der Waals surface area contributed by atoms with Gasteiger partial charge in [-0.2, -0.15) is 4.98 Å². The molecule has 8 heteroatoms. The van der Waals surface area contributed by atoms with E-state index in [1.165, 1.54) is 0 Å². The number of hydrogen-bond donors (Lipinski definition) is 1. The summed E-state index contributed by atoms with van der Waals surface area (Å²) in [5.74, 6) is -1.37. The molecule has 1 saturated carbocycles. The van der Waals surface area contributed by atoms with Crippen LogP contribution in [0.1, 0.15) is 81.1 Å². The van der Waals surface area contributed by atoms with Gasteiger partial charge in [-0.05, 0) is 64.6 Å². The number of alkyl halides is 2. The Labute approximate surface area is 194 Å². The number of likely N-dealkylation sites (tertiary alicyclic amines) is 1. The number of hydrogen-bond acceptors (Lipinski definition) is 5. The Morgan fingerprint density at radius 2 is 1.85 bits per heavy atom. The van der Waals surface area contributed by atoms with Crippen molar-refractivity contribution in [3.8, 4) is 0 Å². The Bertz CT molecular complexity index is 902. The van der Waals surface area contributed by atoms with E-state index >= 15 is 0 Å². The van der Waals surface area contributed by atoms with Crippen LogP contribution in [-0.4, -0.2) is 46.0 Å². The fourth-order valence-electron chi connectivity index (χ4n) is 5.11. The zero-order chi connectivity index (χ0) is 23.4. The molecule has 6 nitrogen and oxygen atoms in total. The number of aryl methyl sites for hydroxylation is 1. The first-order valence-electron chi connectivity index (χ1n) is 12.1. The van der Waals surface area contributed by atoms with Crippen LogP contribution < -0.4 is 5.32 Å². The summed E-state index contributed by atoms with van der Waals surface area (Å²) in [5, 5.41) is 7.11. The van der Waals surface area contributed by atoms with E-state index < -0.39 is 5.92 Å². The van der Waals surface area contributed by atoms with Crippen LogP contribution in [0.15, 0.2) is 34.9 Å². The predicted molar refractivity (Wildman–Crippen MR) is 121 cm³/mol. The summed E-state index contributed by atoms with van der Waals surface area (Å²) < 4.78 is 32.4. The van der Waals surface area contributed by atoms with Crippen molar-refractivity contribution < 1.29 is 18.1 Å². The normalized spacial score (nSPS) is 22.1. The third-order valence-electron chi connectivity index (χ3n) is 7.23. The highest BCUT2D eigenvalue weighted by Gasteiger charge is 2.38. The minimum Gasteiger partial charge on any atom is -0.349 e. The lowest BCUT2D eigenvalue weighted by Gasteiger charge is -2.37. The maximum Gasteiger partial charge on any atom is 0.248 e. The fourth-order valence-corrected chi connectivity index (χ4v) is 5.11. The molecule has 0 radical (unpaired) electrons. The molecule has 33 heavy (non-hydrogen) atoms. The van der Waals surface area contributed by atoms with Crippen molar-refractivity contribution in [1.29, 1.82) is 0 Å². The van der Waals surface area contributed by atoms with E-state index in [1.54, 1.807) is 0 Å². The van der Waals surface area contributed by atoms with Gasteiger partial charge in [-0.3, -0.25) is 4.79 Å². The molecule has 2 aromatic rings. The van der Waals surface area contributed by atoms with Crippen LogP contribution in [0.25, 0.3) is 0 Å². The quantitative estimate of drug-likeness (QED) is 0.628. The van der Waals surface area contributed by atoms with Crippen molar-refractivity contribution in [3.63, 3.8) is 0 Å². The maximum absolute atomic E-state index is 13.5. The Hall–Kier alpha value is -2.35. The van der Waals surface area contributed by atoms with Gasteiger partial charge in [-0.15, -0.1) is 0 Å². The summed E-state index contributed by atoms with van der Waals surface area (Å²) in [6.07, 6.45) is 2.79. The van der Waals surface area contributed by atoms with Gasteiger partial charge < -0.3 is 14.7 Å². The summed E-state index contributed by atoms with van der Waals surface area (Å²) >= 11 is 0. The van der Waals surface area contributed by atoms with Gasteiger partial charge in [0.05, 0.1) is 6.04 Å². The molecule has 1 aromatic heterocycles. The molecular weight excluding hydrogens is 426 g/mol. The average Bonchev–Trinajstić information content (AvgIpc) is 3.25. The lowest BCUT2D eigenvalue weighted by Crippen LogP contribution is -2.43. The molecule has 2 atom stereocenters. The van der Waals surface area contributed by atoms with E-state index in [4.69, 9.17) is 4.52 Å². The number of amides is 1. The van der Waals surface area contributed by atoms with Crippen LogP contribution in [0.2, 0.25) is 0 Å². The summed E-state index contributed by atoms with van der Waals surface area (Å²) in [6, 6.07) is 10.1. The van der Waals surface area contributed by atoms with Crippen molar-refractivity contribution in [1.82, 2.24) is 20.4 Å². The Morgan fingerprint density at radius 1 is 1.18 bits per heavy atom. The highest BCUT2D eigenvalue weighted by atomic mass is 19.3. The number of aromatic nitrogens is 2. The molecule has 1 N–H and O–H groups in total. The number of nitrogens with zero attached hydrogens (tertiary/aromatic N) is 3.